The van der Waals surface area contributed by atoms with Crippen LogP contribution in [0.3, 0.4) is 0 Å². The molecule has 0 saturated carbocycles. The molecule has 0 aliphatic heterocycles. The van der Waals surface area contributed by atoms with Crippen LogP contribution in [0.4, 0.5) is 0 Å². The highest BCUT2D eigenvalue weighted by Crippen LogP contribution is 2.39. The highest BCUT2D eigenvalue weighted by molar-refractivity contribution is 8.00. The predicted octanol–water partition coefficient (Wildman–Crippen LogP) is 4.43. The largest absolute Gasteiger partial charge is 0.341 e. The maximum Gasteiger partial charge on any atom is 0.217 e. The molecule has 1 N–H and O–H groups in total. The Labute approximate surface area is 133 Å². The van der Waals surface area contributed by atoms with Gasteiger partial charge in [0.1, 0.15) is 9.71 Å². The molecule has 1 aromatic rings. The van der Waals surface area contributed by atoms with Crippen LogP contribution in [0.5, 0.6) is 0 Å². The molecule has 1 aromatic carbocycles. The van der Waals surface area contributed by atoms with E-state index >= 15 is 0 Å². The molecule has 6 heteroatoms. The Morgan fingerprint density at radius 3 is 2.53 bits per heavy atom. The summed E-state index contributed by atoms with van der Waals surface area (Å²) >= 11 is 19.8. The van der Waals surface area contributed by atoms with Gasteiger partial charge in [-0.2, -0.15) is 0 Å². The van der Waals surface area contributed by atoms with E-state index in [-0.39, 0.29) is 5.91 Å². The summed E-state index contributed by atoms with van der Waals surface area (Å²) in [7, 11) is 0. The molecular formula is C13H16Cl3NOS. The third-order valence-electron chi connectivity index (χ3n) is 2.36. The zero-order chi connectivity index (χ0) is 14.3. The van der Waals surface area contributed by atoms with Gasteiger partial charge in [-0.25, -0.2) is 0 Å². The van der Waals surface area contributed by atoms with Crippen molar-refractivity contribution in [3.8, 4) is 0 Å². The predicted molar refractivity (Wildman–Crippen MR) is 84.3 cm³/mol. The molecule has 1 amide bonds. The summed E-state index contributed by atoms with van der Waals surface area (Å²) in [5, 5.41) is 2.38. The molecular weight excluding hydrogens is 325 g/mol. The maximum absolute atomic E-state index is 11.3. The number of carbonyl (C=O) groups excluding carboxylic acids is 1. The molecule has 0 aromatic heterocycles. The van der Waals surface area contributed by atoms with E-state index in [2.05, 4.69) is 5.32 Å². The number of hydrogen-bond donors (Lipinski definition) is 1. The van der Waals surface area contributed by atoms with Crippen LogP contribution in [-0.2, 0) is 4.79 Å². The lowest BCUT2D eigenvalue weighted by molar-refractivity contribution is -0.119. The molecule has 0 aliphatic carbocycles. The summed E-state index contributed by atoms with van der Waals surface area (Å²) in [5.74, 6) is 0.328. The van der Waals surface area contributed by atoms with Gasteiger partial charge in [0.15, 0.2) is 0 Å². The molecule has 106 valence electrons. The van der Waals surface area contributed by atoms with Crippen LogP contribution in [0, 0.1) is 0 Å². The van der Waals surface area contributed by atoms with Crippen LogP contribution in [0.15, 0.2) is 35.2 Å². The number of thioether (sulfide) groups is 1. The summed E-state index contributed by atoms with van der Waals surface area (Å²) in [6.45, 7) is 1.45. The summed E-state index contributed by atoms with van der Waals surface area (Å²) in [6.07, 6.45) is 1.21. The van der Waals surface area contributed by atoms with Crippen LogP contribution < -0.4 is 5.32 Å². The Morgan fingerprint density at radius 2 is 2.00 bits per heavy atom. The maximum atomic E-state index is 11.3. The van der Waals surface area contributed by atoms with E-state index in [1.807, 2.05) is 30.3 Å². The first-order valence-corrected chi connectivity index (χ1v) is 8.05. The second-order valence-electron chi connectivity index (χ2n) is 4.07. The van der Waals surface area contributed by atoms with E-state index in [1.165, 1.54) is 18.7 Å². The summed E-state index contributed by atoms with van der Waals surface area (Å²) in [6, 6.07) is 9.68. The Bertz CT molecular complexity index is 400. The number of rotatable bonds is 7. The SMILES string of the molecule is CC(=O)NC(Sc1ccccc1)C(Cl)(Cl)CCCCl. The molecule has 0 heterocycles. The van der Waals surface area contributed by atoms with Crippen molar-refractivity contribution in [2.45, 2.75) is 34.4 Å². The minimum absolute atomic E-state index is 0.162. The lowest BCUT2D eigenvalue weighted by atomic mass is 10.2. The first-order valence-electron chi connectivity index (χ1n) is 5.88. The number of hydrogen-bond acceptors (Lipinski definition) is 2. The highest BCUT2D eigenvalue weighted by atomic mass is 35.5. The van der Waals surface area contributed by atoms with E-state index in [1.54, 1.807) is 0 Å². The summed E-state index contributed by atoms with van der Waals surface area (Å²) < 4.78 is -1.05. The molecule has 0 spiro atoms. The van der Waals surface area contributed by atoms with E-state index in [0.29, 0.717) is 18.7 Å². The monoisotopic (exact) mass is 339 g/mol. The zero-order valence-corrected chi connectivity index (χ0v) is 13.6. The molecule has 1 rings (SSSR count). The number of halogens is 3. The van der Waals surface area contributed by atoms with Crippen molar-refractivity contribution in [2.24, 2.45) is 0 Å². The van der Waals surface area contributed by atoms with Crippen molar-refractivity contribution in [3.05, 3.63) is 30.3 Å². The normalized spacial score (nSPS) is 13.1. The molecule has 2 nitrogen and oxygen atoms in total. The molecule has 0 bridgehead atoms. The lowest BCUT2D eigenvalue weighted by Gasteiger charge is -2.29. The average molecular weight is 341 g/mol. The third-order valence-corrected chi connectivity index (χ3v) is 5.00. The quantitative estimate of drug-likeness (QED) is 0.452. The van der Waals surface area contributed by atoms with Gasteiger partial charge in [0.25, 0.3) is 0 Å². The summed E-state index contributed by atoms with van der Waals surface area (Å²) in [5.41, 5.74) is 0. The van der Waals surface area contributed by atoms with Gasteiger partial charge < -0.3 is 5.32 Å². The van der Waals surface area contributed by atoms with Gasteiger partial charge in [-0.3, -0.25) is 4.79 Å². The van der Waals surface area contributed by atoms with Crippen molar-refractivity contribution >= 4 is 52.5 Å². The molecule has 1 atom stereocenters. The second-order valence-corrected chi connectivity index (χ2v) is 7.16. The second kappa shape index (κ2) is 8.25. The Balaban J connectivity index is 2.79. The van der Waals surface area contributed by atoms with E-state index in [0.717, 1.165) is 4.90 Å². The molecule has 0 aliphatic rings. The van der Waals surface area contributed by atoms with E-state index in [9.17, 15) is 4.79 Å². The van der Waals surface area contributed by atoms with Crippen molar-refractivity contribution in [3.63, 3.8) is 0 Å². The van der Waals surface area contributed by atoms with Gasteiger partial charge in [-0.05, 0) is 25.0 Å². The fourth-order valence-corrected chi connectivity index (χ4v) is 3.35. The van der Waals surface area contributed by atoms with Crippen molar-refractivity contribution < 1.29 is 4.79 Å². The highest BCUT2D eigenvalue weighted by Gasteiger charge is 2.35. The van der Waals surface area contributed by atoms with E-state index < -0.39 is 9.71 Å². The Morgan fingerprint density at radius 1 is 1.37 bits per heavy atom. The fraction of sp³-hybridized carbons (Fsp3) is 0.462. The van der Waals surface area contributed by atoms with Crippen LogP contribution in [0.25, 0.3) is 0 Å². The summed E-state index contributed by atoms with van der Waals surface area (Å²) in [4.78, 5) is 12.3. The number of amides is 1. The van der Waals surface area contributed by atoms with Crippen LogP contribution >= 0.6 is 46.6 Å². The van der Waals surface area contributed by atoms with E-state index in [4.69, 9.17) is 34.8 Å². The molecule has 1 unspecified atom stereocenters. The lowest BCUT2D eigenvalue weighted by Crippen LogP contribution is -2.43. The molecule has 0 fully saturated rings. The zero-order valence-electron chi connectivity index (χ0n) is 10.5. The van der Waals surface area contributed by atoms with Gasteiger partial charge >= 0.3 is 0 Å². The molecule has 0 saturated heterocycles. The first-order chi connectivity index (χ1) is 8.95. The van der Waals surface area contributed by atoms with Crippen molar-refractivity contribution in [1.82, 2.24) is 5.32 Å². The van der Waals surface area contributed by atoms with Crippen molar-refractivity contribution in [2.75, 3.05) is 5.88 Å². The topological polar surface area (TPSA) is 29.1 Å². The number of nitrogens with one attached hydrogen (secondary N) is 1. The Hall–Kier alpha value is -0.0900. The minimum atomic E-state index is -1.05. The third kappa shape index (κ3) is 6.26. The average Bonchev–Trinajstić information content (AvgIpc) is 2.36. The molecule has 19 heavy (non-hydrogen) atoms. The number of alkyl halides is 3. The first kappa shape index (κ1) is 17.0. The number of benzene rings is 1. The van der Waals surface area contributed by atoms with Crippen molar-refractivity contribution in [1.29, 1.82) is 0 Å². The van der Waals surface area contributed by atoms with Gasteiger partial charge in [0.2, 0.25) is 5.91 Å². The van der Waals surface area contributed by atoms with Crippen LogP contribution in [-0.4, -0.2) is 21.5 Å². The fourth-order valence-electron chi connectivity index (χ4n) is 1.47. The van der Waals surface area contributed by atoms with Gasteiger partial charge in [0.05, 0.1) is 0 Å². The standard InChI is InChI=1S/C13H16Cl3NOS/c1-10(18)17-12(13(15,16)8-5-9-14)19-11-6-3-2-4-7-11/h2-4,6-7,12H,5,8-9H2,1H3,(H,17,18). The van der Waals surface area contributed by atoms with Crippen LogP contribution in [0.2, 0.25) is 0 Å². The van der Waals surface area contributed by atoms with Gasteiger partial charge in [0, 0.05) is 17.7 Å². The molecule has 0 radical (unpaired) electrons. The smallest absolute Gasteiger partial charge is 0.217 e. The minimum Gasteiger partial charge on any atom is -0.341 e. The van der Waals surface area contributed by atoms with Gasteiger partial charge in [-0.1, -0.05) is 53.2 Å². The Kier molecular flexibility index (Phi) is 7.37. The van der Waals surface area contributed by atoms with Crippen LogP contribution in [0.1, 0.15) is 19.8 Å². The van der Waals surface area contributed by atoms with Gasteiger partial charge in [-0.15, -0.1) is 11.6 Å². The number of carbonyl (C=O) groups is 1.